The van der Waals surface area contributed by atoms with Gasteiger partial charge < -0.3 is 10.4 Å². The second-order valence-electron chi connectivity index (χ2n) is 3.84. The Bertz CT molecular complexity index is 354. The molecule has 0 aliphatic heterocycles. The Morgan fingerprint density at radius 3 is 2.80 bits per heavy atom. The third-order valence-electron chi connectivity index (χ3n) is 2.53. The van der Waals surface area contributed by atoms with Crippen molar-refractivity contribution in [1.29, 1.82) is 0 Å². The van der Waals surface area contributed by atoms with E-state index in [0.29, 0.717) is 16.1 Å². The summed E-state index contributed by atoms with van der Waals surface area (Å²) in [6.45, 7) is -0.0744. The standard InChI is InChI=1S/C11H13BrFNO/c12-7-1-4-9(10(13)5-7)11(6-15)14-8-2-3-8/h1,4-5,8,11,14-15H,2-3,6H2. The highest BCUT2D eigenvalue weighted by molar-refractivity contribution is 9.10. The van der Waals surface area contributed by atoms with Crippen LogP contribution in [0.5, 0.6) is 0 Å². The van der Waals surface area contributed by atoms with Gasteiger partial charge in [-0.25, -0.2) is 4.39 Å². The van der Waals surface area contributed by atoms with Crippen molar-refractivity contribution in [2.45, 2.75) is 24.9 Å². The van der Waals surface area contributed by atoms with Crippen molar-refractivity contribution in [3.05, 3.63) is 34.1 Å². The smallest absolute Gasteiger partial charge is 0.129 e. The van der Waals surface area contributed by atoms with Gasteiger partial charge >= 0.3 is 0 Å². The fourth-order valence-electron chi connectivity index (χ4n) is 1.56. The zero-order valence-corrected chi connectivity index (χ0v) is 9.80. The van der Waals surface area contributed by atoms with Gasteiger partial charge in [0.2, 0.25) is 0 Å². The summed E-state index contributed by atoms with van der Waals surface area (Å²) in [4.78, 5) is 0. The van der Waals surface area contributed by atoms with Gasteiger partial charge in [0.1, 0.15) is 5.82 Å². The summed E-state index contributed by atoms with van der Waals surface area (Å²) >= 11 is 3.21. The Morgan fingerprint density at radius 1 is 1.53 bits per heavy atom. The van der Waals surface area contributed by atoms with Gasteiger partial charge in [0.15, 0.2) is 0 Å². The molecule has 1 aromatic rings. The second-order valence-corrected chi connectivity index (χ2v) is 4.76. The lowest BCUT2D eigenvalue weighted by Crippen LogP contribution is -2.27. The molecule has 1 aromatic carbocycles. The SMILES string of the molecule is OCC(NC1CC1)c1ccc(Br)cc1F. The summed E-state index contributed by atoms with van der Waals surface area (Å²) in [5, 5.41) is 12.4. The monoisotopic (exact) mass is 273 g/mol. The third kappa shape index (κ3) is 2.77. The Hall–Kier alpha value is -0.450. The van der Waals surface area contributed by atoms with E-state index in [9.17, 15) is 9.50 Å². The summed E-state index contributed by atoms with van der Waals surface area (Å²) in [6.07, 6.45) is 2.24. The number of rotatable bonds is 4. The summed E-state index contributed by atoms with van der Waals surface area (Å²) in [6, 6.07) is 5.08. The molecule has 2 rings (SSSR count). The molecule has 0 radical (unpaired) electrons. The van der Waals surface area contributed by atoms with Gasteiger partial charge in [-0.3, -0.25) is 0 Å². The van der Waals surface area contributed by atoms with Gasteiger partial charge in [0, 0.05) is 16.1 Å². The van der Waals surface area contributed by atoms with Gasteiger partial charge in [-0.15, -0.1) is 0 Å². The molecular weight excluding hydrogens is 261 g/mol. The normalized spacial score (nSPS) is 17.8. The zero-order chi connectivity index (χ0) is 10.8. The van der Waals surface area contributed by atoms with Crippen molar-refractivity contribution in [1.82, 2.24) is 5.32 Å². The predicted octanol–water partition coefficient (Wildman–Crippen LogP) is 2.37. The molecule has 1 atom stereocenters. The number of hydrogen-bond donors (Lipinski definition) is 2. The molecule has 1 aliphatic rings. The first kappa shape index (κ1) is 11.0. The Labute approximate surface area is 96.6 Å². The van der Waals surface area contributed by atoms with Crippen molar-refractivity contribution in [3.63, 3.8) is 0 Å². The summed E-state index contributed by atoms with van der Waals surface area (Å²) in [5.41, 5.74) is 0.535. The van der Waals surface area contributed by atoms with Crippen LogP contribution in [-0.4, -0.2) is 17.8 Å². The van der Waals surface area contributed by atoms with Crippen molar-refractivity contribution < 1.29 is 9.50 Å². The fourth-order valence-corrected chi connectivity index (χ4v) is 1.89. The van der Waals surface area contributed by atoms with Crippen LogP contribution in [0.15, 0.2) is 22.7 Å². The van der Waals surface area contributed by atoms with E-state index >= 15 is 0 Å². The Balaban J connectivity index is 2.16. The highest BCUT2D eigenvalue weighted by Crippen LogP contribution is 2.26. The van der Waals surface area contributed by atoms with Crippen molar-refractivity contribution in [2.24, 2.45) is 0 Å². The maximum absolute atomic E-state index is 13.6. The molecule has 4 heteroatoms. The van der Waals surface area contributed by atoms with Crippen LogP contribution in [0.25, 0.3) is 0 Å². The average molecular weight is 274 g/mol. The quantitative estimate of drug-likeness (QED) is 0.883. The number of nitrogens with one attached hydrogen (secondary N) is 1. The molecule has 1 fully saturated rings. The van der Waals surface area contributed by atoms with Crippen LogP contribution in [0.1, 0.15) is 24.4 Å². The minimum absolute atomic E-state index is 0.0744. The maximum atomic E-state index is 13.6. The number of aliphatic hydroxyl groups excluding tert-OH is 1. The molecule has 0 heterocycles. The fraction of sp³-hybridized carbons (Fsp3) is 0.455. The summed E-state index contributed by atoms with van der Waals surface area (Å²) < 4.78 is 14.3. The third-order valence-corrected chi connectivity index (χ3v) is 3.03. The number of benzene rings is 1. The molecule has 0 saturated heterocycles. The molecule has 2 nitrogen and oxygen atoms in total. The van der Waals surface area contributed by atoms with E-state index in [1.807, 2.05) is 0 Å². The first-order valence-electron chi connectivity index (χ1n) is 5.02. The van der Waals surface area contributed by atoms with Crippen LogP contribution in [0.3, 0.4) is 0 Å². The van der Waals surface area contributed by atoms with Crippen LogP contribution in [0.4, 0.5) is 4.39 Å². The largest absolute Gasteiger partial charge is 0.394 e. The van der Waals surface area contributed by atoms with E-state index in [1.165, 1.54) is 6.07 Å². The molecule has 1 saturated carbocycles. The molecule has 0 aromatic heterocycles. The van der Waals surface area contributed by atoms with Crippen LogP contribution in [0, 0.1) is 5.82 Å². The Morgan fingerprint density at radius 2 is 2.27 bits per heavy atom. The van der Waals surface area contributed by atoms with Crippen molar-refractivity contribution in [2.75, 3.05) is 6.61 Å². The lowest BCUT2D eigenvalue weighted by molar-refractivity contribution is 0.240. The minimum atomic E-state index is -0.286. The lowest BCUT2D eigenvalue weighted by Gasteiger charge is -2.17. The van der Waals surface area contributed by atoms with E-state index < -0.39 is 0 Å². The number of aliphatic hydroxyl groups is 1. The van der Waals surface area contributed by atoms with E-state index in [2.05, 4.69) is 21.2 Å². The average Bonchev–Trinajstić information content (AvgIpc) is 2.99. The molecule has 0 bridgehead atoms. The molecule has 1 unspecified atom stereocenters. The molecule has 1 aliphatic carbocycles. The summed E-state index contributed by atoms with van der Waals surface area (Å²) in [7, 11) is 0. The van der Waals surface area contributed by atoms with Crippen LogP contribution >= 0.6 is 15.9 Å². The molecular formula is C11H13BrFNO. The van der Waals surface area contributed by atoms with Gasteiger partial charge in [0.25, 0.3) is 0 Å². The van der Waals surface area contributed by atoms with Crippen molar-refractivity contribution in [3.8, 4) is 0 Å². The topological polar surface area (TPSA) is 32.3 Å². The van der Waals surface area contributed by atoms with E-state index in [0.717, 1.165) is 12.8 Å². The first-order valence-corrected chi connectivity index (χ1v) is 5.82. The van der Waals surface area contributed by atoms with Gasteiger partial charge in [-0.1, -0.05) is 22.0 Å². The van der Waals surface area contributed by atoms with Gasteiger partial charge in [-0.2, -0.15) is 0 Å². The highest BCUT2D eigenvalue weighted by Gasteiger charge is 2.26. The zero-order valence-electron chi connectivity index (χ0n) is 8.21. The molecule has 15 heavy (non-hydrogen) atoms. The predicted molar refractivity (Wildman–Crippen MR) is 60.1 cm³/mol. The molecule has 0 amide bonds. The second kappa shape index (κ2) is 4.60. The van der Waals surface area contributed by atoms with E-state index in [4.69, 9.17) is 0 Å². The number of halogens is 2. The first-order chi connectivity index (χ1) is 7.20. The van der Waals surface area contributed by atoms with Crippen LogP contribution < -0.4 is 5.32 Å². The minimum Gasteiger partial charge on any atom is -0.394 e. The Kier molecular flexibility index (Phi) is 3.38. The molecule has 2 N–H and O–H groups in total. The molecule has 82 valence electrons. The van der Waals surface area contributed by atoms with Crippen LogP contribution in [0.2, 0.25) is 0 Å². The van der Waals surface area contributed by atoms with Gasteiger partial charge in [-0.05, 0) is 25.0 Å². The van der Waals surface area contributed by atoms with E-state index in [-0.39, 0.29) is 18.5 Å². The van der Waals surface area contributed by atoms with Gasteiger partial charge in [0.05, 0.1) is 12.6 Å². The van der Waals surface area contributed by atoms with Crippen LogP contribution in [-0.2, 0) is 0 Å². The van der Waals surface area contributed by atoms with E-state index in [1.54, 1.807) is 12.1 Å². The summed E-state index contributed by atoms with van der Waals surface area (Å²) in [5.74, 6) is -0.281. The number of hydrogen-bond acceptors (Lipinski definition) is 2. The maximum Gasteiger partial charge on any atom is 0.129 e. The molecule has 0 spiro atoms. The lowest BCUT2D eigenvalue weighted by atomic mass is 10.1. The van der Waals surface area contributed by atoms with Crippen molar-refractivity contribution >= 4 is 15.9 Å². The highest BCUT2D eigenvalue weighted by atomic mass is 79.9.